The van der Waals surface area contributed by atoms with Crippen molar-refractivity contribution in [3.05, 3.63) is 0 Å². The average Bonchev–Trinajstić information content (AvgIpc) is 2.36. The normalized spacial score (nSPS) is 20.0. The molecule has 100 valence electrons. The van der Waals surface area contributed by atoms with Gasteiger partial charge in [0.05, 0.1) is 12.7 Å². The van der Waals surface area contributed by atoms with E-state index >= 15 is 0 Å². The third-order valence-electron chi connectivity index (χ3n) is 3.30. The molecule has 1 aliphatic rings. The zero-order valence-corrected chi connectivity index (χ0v) is 11.3. The molecule has 0 radical (unpaired) electrons. The smallest absolute Gasteiger partial charge is 0.323 e. The van der Waals surface area contributed by atoms with Crippen LogP contribution in [0.3, 0.4) is 0 Å². The first-order valence-electron chi connectivity index (χ1n) is 6.08. The van der Waals surface area contributed by atoms with Crippen LogP contribution in [0, 0.1) is 0 Å². The molecule has 5 nitrogen and oxygen atoms in total. The van der Waals surface area contributed by atoms with Crippen LogP contribution in [0.4, 0.5) is 0 Å². The molecule has 1 N–H and O–H groups in total. The van der Waals surface area contributed by atoms with E-state index < -0.39 is 0 Å². The minimum atomic E-state index is -0.316. The van der Waals surface area contributed by atoms with Crippen LogP contribution in [-0.4, -0.2) is 62.9 Å². The Labute approximate surface area is 103 Å². The van der Waals surface area contributed by atoms with Gasteiger partial charge < -0.3 is 14.8 Å². The standard InChI is InChI=1S/C12H24N2O3/c1-12(2,17-4)9-10(11(15)16-3)14-7-5-13-6-8-14/h10,13H,5-9H2,1-4H3. The minimum absolute atomic E-state index is 0.169. The zero-order valence-electron chi connectivity index (χ0n) is 11.3. The van der Waals surface area contributed by atoms with E-state index in [0.29, 0.717) is 6.42 Å². The van der Waals surface area contributed by atoms with Crippen LogP contribution >= 0.6 is 0 Å². The molecule has 0 aromatic carbocycles. The van der Waals surface area contributed by atoms with E-state index in [1.807, 2.05) is 13.8 Å². The number of esters is 1. The minimum Gasteiger partial charge on any atom is -0.468 e. The number of hydrogen-bond donors (Lipinski definition) is 1. The lowest BCUT2D eigenvalue weighted by Gasteiger charge is -2.36. The molecule has 1 saturated heterocycles. The molecule has 0 aromatic heterocycles. The van der Waals surface area contributed by atoms with Crippen molar-refractivity contribution in [2.75, 3.05) is 40.4 Å². The molecule has 5 heteroatoms. The summed E-state index contributed by atoms with van der Waals surface area (Å²) in [6, 6.07) is -0.211. The Bertz CT molecular complexity index is 250. The van der Waals surface area contributed by atoms with Gasteiger partial charge in [0.2, 0.25) is 0 Å². The monoisotopic (exact) mass is 244 g/mol. The summed E-state index contributed by atoms with van der Waals surface area (Å²) >= 11 is 0. The highest BCUT2D eigenvalue weighted by atomic mass is 16.5. The Kier molecular flexibility index (Phi) is 5.36. The summed E-state index contributed by atoms with van der Waals surface area (Å²) in [6.45, 7) is 7.57. The van der Waals surface area contributed by atoms with Crippen LogP contribution in [0.2, 0.25) is 0 Å². The summed E-state index contributed by atoms with van der Waals surface area (Å²) < 4.78 is 10.3. The SMILES string of the molecule is COC(=O)C(CC(C)(C)OC)N1CCNCC1. The number of ether oxygens (including phenoxy) is 2. The third kappa shape index (κ3) is 4.26. The van der Waals surface area contributed by atoms with Crippen molar-refractivity contribution in [3.8, 4) is 0 Å². The third-order valence-corrected chi connectivity index (χ3v) is 3.30. The molecular formula is C12H24N2O3. The molecule has 0 bridgehead atoms. The van der Waals surface area contributed by atoms with E-state index in [-0.39, 0.29) is 17.6 Å². The van der Waals surface area contributed by atoms with Crippen molar-refractivity contribution in [2.45, 2.75) is 31.9 Å². The Morgan fingerprint density at radius 3 is 2.41 bits per heavy atom. The molecule has 0 saturated carbocycles. The van der Waals surface area contributed by atoms with Gasteiger partial charge in [-0.3, -0.25) is 9.69 Å². The predicted molar refractivity (Wildman–Crippen MR) is 66.0 cm³/mol. The number of hydrogen-bond acceptors (Lipinski definition) is 5. The molecule has 1 unspecified atom stereocenters. The van der Waals surface area contributed by atoms with Gasteiger partial charge in [-0.05, 0) is 13.8 Å². The van der Waals surface area contributed by atoms with Crippen LogP contribution in [0.25, 0.3) is 0 Å². The van der Waals surface area contributed by atoms with Gasteiger partial charge in [0.25, 0.3) is 0 Å². The number of carbonyl (C=O) groups excluding carboxylic acids is 1. The first-order chi connectivity index (χ1) is 8.00. The van der Waals surface area contributed by atoms with E-state index in [4.69, 9.17) is 9.47 Å². The second-order valence-electron chi connectivity index (χ2n) is 4.99. The largest absolute Gasteiger partial charge is 0.468 e. The molecule has 1 fully saturated rings. The van der Waals surface area contributed by atoms with Crippen molar-refractivity contribution >= 4 is 5.97 Å². The first kappa shape index (κ1) is 14.4. The number of methoxy groups -OCH3 is 2. The van der Waals surface area contributed by atoms with Gasteiger partial charge in [-0.2, -0.15) is 0 Å². The fraction of sp³-hybridized carbons (Fsp3) is 0.917. The molecule has 0 amide bonds. The maximum Gasteiger partial charge on any atom is 0.323 e. The lowest BCUT2D eigenvalue weighted by atomic mass is 9.97. The quantitative estimate of drug-likeness (QED) is 0.703. The molecule has 1 aliphatic heterocycles. The van der Waals surface area contributed by atoms with Crippen molar-refractivity contribution in [3.63, 3.8) is 0 Å². The van der Waals surface area contributed by atoms with E-state index in [0.717, 1.165) is 26.2 Å². The molecule has 1 atom stereocenters. The summed E-state index contributed by atoms with van der Waals surface area (Å²) in [5.74, 6) is -0.169. The number of nitrogens with one attached hydrogen (secondary N) is 1. The molecule has 0 aliphatic carbocycles. The second-order valence-corrected chi connectivity index (χ2v) is 4.99. The molecule has 1 heterocycles. The molecule has 17 heavy (non-hydrogen) atoms. The maximum absolute atomic E-state index is 11.9. The van der Waals surface area contributed by atoms with Gasteiger partial charge in [0, 0.05) is 39.7 Å². The van der Waals surface area contributed by atoms with Gasteiger partial charge in [-0.1, -0.05) is 0 Å². The Hall–Kier alpha value is -0.650. The molecular weight excluding hydrogens is 220 g/mol. The van der Waals surface area contributed by atoms with E-state index in [1.165, 1.54) is 7.11 Å². The zero-order chi connectivity index (χ0) is 12.9. The molecule has 0 aromatic rings. The maximum atomic E-state index is 11.9. The molecule has 0 spiro atoms. The fourth-order valence-electron chi connectivity index (χ4n) is 2.04. The number of carbonyl (C=O) groups is 1. The van der Waals surface area contributed by atoms with Crippen molar-refractivity contribution < 1.29 is 14.3 Å². The summed E-state index contributed by atoms with van der Waals surface area (Å²) in [7, 11) is 3.11. The number of piperazine rings is 1. The fourth-order valence-corrected chi connectivity index (χ4v) is 2.04. The Morgan fingerprint density at radius 1 is 1.35 bits per heavy atom. The van der Waals surface area contributed by atoms with Crippen LogP contribution in [0.15, 0.2) is 0 Å². The summed E-state index contributed by atoms with van der Waals surface area (Å²) in [5.41, 5.74) is -0.316. The highest BCUT2D eigenvalue weighted by molar-refractivity contribution is 5.75. The Morgan fingerprint density at radius 2 is 1.94 bits per heavy atom. The summed E-state index contributed by atoms with van der Waals surface area (Å²) in [5, 5.41) is 3.28. The van der Waals surface area contributed by atoms with Crippen molar-refractivity contribution in [1.82, 2.24) is 10.2 Å². The van der Waals surface area contributed by atoms with E-state index in [2.05, 4.69) is 10.2 Å². The van der Waals surface area contributed by atoms with Crippen molar-refractivity contribution in [1.29, 1.82) is 0 Å². The van der Waals surface area contributed by atoms with Gasteiger partial charge in [0.15, 0.2) is 0 Å². The van der Waals surface area contributed by atoms with Crippen LogP contribution in [0.1, 0.15) is 20.3 Å². The average molecular weight is 244 g/mol. The van der Waals surface area contributed by atoms with E-state index in [9.17, 15) is 4.79 Å². The lowest BCUT2D eigenvalue weighted by molar-refractivity contribution is -0.150. The van der Waals surface area contributed by atoms with Gasteiger partial charge >= 0.3 is 5.97 Å². The van der Waals surface area contributed by atoms with Gasteiger partial charge in [0.1, 0.15) is 6.04 Å². The summed E-state index contributed by atoms with van der Waals surface area (Å²) in [4.78, 5) is 14.0. The topological polar surface area (TPSA) is 50.8 Å². The van der Waals surface area contributed by atoms with Gasteiger partial charge in [-0.25, -0.2) is 0 Å². The van der Waals surface area contributed by atoms with Crippen molar-refractivity contribution in [2.24, 2.45) is 0 Å². The highest BCUT2D eigenvalue weighted by Crippen LogP contribution is 2.20. The second kappa shape index (κ2) is 6.33. The van der Waals surface area contributed by atoms with Crippen LogP contribution in [-0.2, 0) is 14.3 Å². The summed E-state index contributed by atoms with van der Waals surface area (Å²) in [6.07, 6.45) is 0.649. The number of nitrogens with zero attached hydrogens (tertiary/aromatic N) is 1. The highest BCUT2D eigenvalue weighted by Gasteiger charge is 2.33. The predicted octanol–water partition coefficient (Wildman–Crippen LogP) is 0.248. The van der Waals surface area contributed by atoms with Crippen LogP contribution < -0.4 is 5.32 Å². The lowest BCUT2D eigenvalue weighted by Crippen LogP contribution is -2.53. The van der Waals surface area contributed by atoms with Crippen LogP contribution in [0.5, 0.6) is 0 Å². The first-order valence-corrected chi connectivity index (χ1v) is 6.08. The number of rotatable bonds is 5. The van der Waals surface area contributed by atoms with Gasteiger partial charge in [-0.15, -0.1) is 0 Å². The molecule has 1 rings (SSSR count). The Balaban J connectivity index is 2.69. The van der Waals surface area contributed by atoms with E-state index in [1.54, 1.807) is 7.11 Å².